The molecule has 1 heterocycles. The van der Waals surface area contributed by atoms with Crippen LogP contribution in [0.25, 0.3) is 0 Å². The predicted octanol–water partition coefficient (Wildman–Crippen LogP) is 1.05. The van der Waals surface area contributed by atoms with Gasteiger partial charge >= 0.3 is 0 Å². The van der Waals surface area contributed by atoms with Gasteiger partial charge in [-0.3, -0.25) is 0 Å². The maximum Gasteiger partial charge on any atom is 0.167 e. The van der Waals surface area contributed by atoms with E-state index in [0.29, 0.717) is 11.7 Å². The minimum Gasteiger partial charge on any atom is -0.383 e. The molecule has 5 heteroatoms. The first-order valence-electron chi connectivity index (χ1n) is 5.67. The van der Waals surface area contributed by atoms with E-state index in [4.69, 9.17) is 21.7 Å². The molecule has 0 saturated carbocycles. The highest BCUT2D eigenvalue weighted by Gasteiger charge is 2.37. The zero-order valence-electron chi connectivity index (χ0n) is 10.5. The fourth-order valence-corrected chi connectivity index (χ4v) is 2.24. The van der Waals surface area contributed by atoms with Crippen molar-refractivity contribution in [1.29, 1.82) is 0 Å². The van der Waals surface area contributed by atoms with E-state index in [1.807, 2.05) is 6.92 Å². The molecule has 2 N–H and O–H groups in total. The predicted molar refractivity (Wildman–Crippen MR) is 68.6 cm³/mol. The maximum absolute atomic E-state index is 5.55. The van der Waals surface area contributed by atoms with E-state index in [2.05, 4.69) is 24.5 Å². The van der Waals surface area contributed by atoms with E-state index >= 15 is 0 Å². The third-order valence-corrected chi connectivity index (χ3v) is 3.30. The molecule has 4 nitrogen and oxygen atoms in total. The molecule has 1 aliphatic heterocycles. The van der Waals surface area contributed by atoms with Gasteiger partial charge in [-0.1, -0.05) is 0 Å². The molecule has 0 radical (unpaired) electrons. The summed E-state index contributed by atoms with van der Waals surface area (Å²) in [6, 6.07) is 0.214. The van der Waals surface area contributed by atoms with Crippen molar-refractivity contribution < 1.29 is 9.47 Å². The van der Waals surface area contributed by atoms with Gasteiger partial charge in [0.05, 0.1) is 18.2 Å². The molecule has 1 rings (SSSR count). The third-order valence-electron chi connectivity index (χ3n) is 3.08. The highest BCUT2D eigenvalue weighted by Crippen LogP contribution is 2.24. The Bertz CT molecular complexity index is 250. The van der Waals surface area contributed by atoms with Gasteiger partial charge in [-0.2, -0.15) is 0 Å². The second kappa shape index (κ2) is 5.80. The Morgan fingerprint density at radius 3 is 2.88 bits per heavy atom. The number of hydrogen-bond donors (Lipinski definition) is 2. The molecule has 1 saturated heterocycles. The van der Waals surface area contributed by atoms with Crippen molar-refractivity contribution in [3.05, 3.63) is 0 Å². The molecule has 1 fully saturated rings. The lowest BCUT2D eigenvalue weighted by atomic mass is 9.95. The van der Waals surface area contributed by atoms with E-state index in [1.165, 1.54) is 0 Å². The van der Waals surface area contributed by atoms with Crippen molar-refractivity contribution >= 4 is 17.3 Å². The van der Waals surface area contributed by atoms with E-state index in [9.17, 15) is 0 Å². The highest BCUT2D eigenvalue weighted by molar-refractivity contribution is 7.80. The first-order valence-corrected chi connectivity index (χ1v) is 6.08. The Balaban J connectivity index is 2.39. The molecule has 0 amide bonds. The van der Waals surface area contributed by atoms with Crippen LogP contribution in [0.15, 0.2) is 0 Å². The molecular formula is C11H22N2O2S. The second-order valence-corrected chi connectivity index (χ2v) is 5.04. The van der Waals surface area contributed by atoms with Gasteiger partial charge in [0.1, 0.15) is 0 Å². The monoisotopic (exact) mass is 246 g/mol. The van der Waals surface area contributed by atoms with Gasteiger partial charge in [0.2, 0.25) is 0 Å². The standard InChI is InChI=1S/C11H22N2O2S/c1-8(7-14-4)12-10(16)13-11(3)5-6-15-9(11)2/h8-9H,5-7H2,1-4H3,(H2,12,13,16). The number of methoxy groups -OCH3 is 1. The maximum atomic E-state index is 5.55. The van der Waals surface area contributed by atoms with Crippen LogP contribution in [0, 0.1) is 0 Å². The van der Waals surface area contributed by atoms with Gasteiger partial charge in [-0.15, -0.1) is 0 Å². The summed E-state index contributed by atoms with van der Waals surface area (Å²) in [6.07, 6.45) is 1.17. The minimum atomic E-state index is -0.0587. The first kappa shape index (κ1) is 13.7. The molecule has 0 spiro atoms. The number of rotatable bonds is 4. The topological polar surface area (TPSA) is 42.5 Å². The minimum absolute atomic E-state index is 0.0587. The smallest absolute Gasteiger partial charge is 0.167 e. The molecule has 0 aromatic heterocycles. The van der Waals surface area contributed by atoms with Crippen LogP contribution in [-0.4, -0.2) is 43.1 Å². The number of nitrogens with one attached hydrogen (secondary N) is 2. The Morgan fingerprint density at radius 1 is 1.69 bits per heavy atom. The molecule has 0 aromatic carbocycles. The summed E-state index contributed by atoms with van der Waals surface area (Å²) in [5.74, 6) is 0. The zero-order chi connectivity index (χ0) is 12.2. The molecule has 16 heavy (non-hydrogen) atoms. The summed E-state index contributed by atoms with van der Waals surface area (Å²) >= 11 is 5.27. The lowest BCUT2D eigenvalue weighted by Crippen LogP contribution is -2.55. The van der Waals surface area contributed by atoms with Crippen molar-refractivity contribution in [2.24, 2.45) is 0 Å². The molecule has 0 aromatic rings. The molecule has 1 aliphatic rings. The lowest BCUT2D eigenvalue weighted by molar-refractivity contribution is 0.0945. The molecule has 3 atom stereocenters. The van der Waals surface area contributed by atoms with Gasteiger partial charge in [0.15, 0.2) is 5.11 Å². The third kappa shape index (κ3) is 3.57. The fraction of sp³-hybridized carbons (Fsp3) is 0.909. The summed E-state index contributed by atoms with van der Waals surface area (Å²) in [5.41, 5.74) is -0.0587. The van der Waals surface area contributed by atoms with E-state index in [1.54, 1.807) is 7.11 Å². The summed E-state index contributed by atoms with van der Waals surface area (Å²) in [7, 11) is 1.68. The van der Waals surface area contributed by atoms with Gasteiger partial charge in [-0.25, -0.2) is 0 Å². The second-order valence-electron chi connectivity index (χ2n) is 4.64. The number of ether oxygens (including phenoxy) is 2. The summed E-state index contributed by atoms with van der Waals surface area (Å²) in [5, 5.41) is 7.20. The molecular weight excluding hydrogens is 224 g/mol. The van der Waals surface area contributed by atoms with Crippen molar-refractivity contribution in [2.75, 3.05) is 20.3 Å². The van der Waals surface area contributed by atoms with Gasteiger partial charge < -0.3 is 20.1 Å². The Hall–Kier alpha value is -0.390. The van der Waals surface area contributed by atoms with Crippen LogP contribution in [0.1, 0.15) is 27.2 Å². The van der Waals surface area contributed by atoms with Crippen LogP contribution >= 0.6 is 12.2 Å². The highest BCUT2D eigenvalue weighted by atomic mass is 32.1. The molecule has 3 unspecified atom stereocenters. The van der Waals surface area contributed by atoms with Gasteiger partial charge in [0, 0.05) is 19.8 Å². The Kier molecular flexibility index (Phi) is 4.95. The Morgan fingerprint density at radius 2 is 2.38 bits per heavy atom. The first-order chi connectivity index (χ1) is 7.48. The molecule has 94 valence electrons. The average molecular weight is 246 g/mol. The SMILES string of the molecule is COCC(C)NC(=S)NC1(C)CCOC1C. The van der Waals surface area contributed by atoms with Crippen LogP contribution in [0.5, 0.6) is 0 Å². The van der Waals surface area contributed by atoms with Crippen LogP contribution in [0.4, 0.5) is 0 Å². The quantitative estimate of drug-likeness (QED) is 0.726. The van der Waals surface area contributed by atoms with Crippen LogP contribution < -0.4 is 10.6 Å². The summed E-state index contributed by atoms with van der Waals surface area (Å²) in [6.45, 7) is 7.68. The molecule has 0 aliphatic carbocycles. The van der Waals surface area contributed by atoms with Gasteiger partial charge in [-0.05, 0) is 39.4 Å². The van der Waals surface area contributed by atoms with Crippen LogP contribution in [0.3, 0.4) is 0 Å². The van der Waals surface area contributed by atoms with Crippen LogP contribution in [-0.2, 0) is 9.47 Å². The van der Waals surface area contributed by atoms with Crippen molar-refractivity contribution in [3.8, 4) is 0 Å². The van der Waals surface area contributed by atoms with E-state index in [0.717, 1.165) is 13.0 Å². The van der Waals surface area contributed by atoms with Crippen molar-refractivity contribution in [1.82, 2.24) is 10.6 Å². The summed E-state index contributed by atoms with van der Waals surface area (Å²) in [4.78, 5) is 0. The van der Waals surface area contributed by atoms with Crippen molar-refractivity contribution in [2.45, 2.75) is 44.9 Å². The largest absolute Gasteiger partial charge is 0.383 e. The zero-order valence-corrected chi connectivity index (χ0v) is 11.3. The van der Waals surface area contributed by atoms with Crippen molar-refractivity contribution in [3.63, 3.8) is 0 Å². The average Bonchev–Trinajstić information content (AvgIpc) is 2.46. The summed E-state index contributed by atoms with van der Waals surface area (Å²) < 4.78 is 10.6. The number of hydrogen-bond acceptors (Lipinski definition) is 3. The molecule has 0 bridgehead atoms. The lowest BCUT2D eigenvalue weighted by Gasteiger charge is -2.31. The Labute approximate surface area is 103 Å². The number of thiocarbonyl (C=S) groups is 1. The van der Waals surface area contributed by atoms with Crippen LogP contribution in [0.2, 0.25) is 0 Å². The normalized spacial score (nSPS) is 31.1. The van der Waals surface area contributed by atoms with E-state index in [-0.39, 0.29) is 17.7 Å². The fourth-order valence-electron chi connectivity index (χ4n) is 1.81. The van der Waals surface area contributed by atoms with Gasteiger partial charge in [0.25, 0.3) is 0 Å². The van der Waals surface area contributed by atoms with E-state index < -0.39 is 0 Å².